The molecule has 1 amide bonds. The van der Waals surface area contributed by atoms with Crippen molar-refractivity contribution in [2.45, 2.75) is 0 Å². The van der Waals surface area contributed by atoms with Gasteiger partial charge >= 0.3 is 0 Å². The van der Waals surface area contributed by atoms with Crippen molar-refractivity contribution in [2.75, 3.05) is 19.5 Å². The first-order chi connectivity index (χ1) is 13.1. The molecule has 7 heteroatoms. The largest absolute Gasteiger partial charge is 0.496 e. The van der Waals surface area contributed by atoms with Gasteiger partial charge in [0.2, 0.25) is 5.88 Å². The molecule has 0 aliphatic rings. The number of methoxy groups -OCH3 is 2. The lowest BCUT2D eigenvalue weighted by Crippen LogP contribution is -2.15. The molecule has 2 aromatic carbocycles. The van der Waals surface area contributed by atoms with Gasteiger partial charge in [0.25, 0.3) is 5.91 Å². The predicted molar refractivity (Wildman–Crippen MR) is 98.2 cm³/mol. The number of halogens is 1. The van der Waals surface area contributed by atoms with Gasteiger partial charge in [0.1, 0.15) is 17.1 Å². The van der Waals surface area contributed by atoms with Crippen molar-refractivity contribution in [3.63, 3.8) is 0 Å². The Labute approximate surface area is 155 Å². The summed E-state index contributed by atoms with van der Waals surface area (Å²) >= 11 is 0. The summed E-state index contributed by atoms with van der Waals surface area (Å²) in [5, 5.41) is 2.59. The fraction of sp³-hybridized carbons (Fsp3) is 0.100. The molecule has 0 radical (unpaired) electrons. The van der Waals surface area contributed by atoms with E-state index in [-0.39, 0.29) is 11.3 Å². The zero-order chi connectivity index (χ0) is 19.2. The summed E-state index contributed by atoms with van der Waals surface area (Å²) in [6, 6.07) is 14.5. The minimum absolute atomic E-state index is 0.150. The molecule has 27 heavy (non-hydrogen) atoms. The minimum atomic E-state index is -0.670. The summed E-state index contributed by atoms with van der Waals surface area (Å²) in [4.78, 5) is 16.5. The summed E-state index contributed by atoms with van der Waals surface area (Å²) < 4.78 is 29.9. The zero-order valence-electron chi connectivity index (χ0n) is 14.7. The molecule has 0 fully saturated rings. The third-order valence-electron chi connectivity index (χ3n) is 3.70. The van der Waals surface area contributed by atoms with Crippen LogP contribution in [0.3, 0.4) is 0 Å². The number of benzene rings is 2. The maximum Gasteiger partial charge on any atom is 0.262 e. The smallest absolute Gasteiger partial charge is 0.262 e. The van der Waals surface area contributed by atoms with E-state index in [0.29, 0.717) is 23.1 Å². The Balaban J connectivity index is 1.74. The topological polar surface area (TPSA) is 69.7 Å². The van der Waals surface area contributed by atoms with Crippen LogP contribution in [0.5, 0.6) is 23.1 Å². The molecule has 138 valence electrons. The van der Waals surface area contributed by atoms with E-state index in [1.807, 2.05) is 12.1 Å². The number of amides is 1. The summed E-state index contributed by atoms with van der Waals surface area (Å²) in [6.07, 6.45) is 1.41. The van der Waals surface area contributed by atoms with Crippen molar-refractivity contribution in [1.82, 2.24) is 4.98 Å². The molecule has 0 aliphatic heterocycles. The van der Waals surface area contributed by atoms with E-state index < -0.39 is 11.7 Å². The second kappa shape index (κ2) is 8.18. The Kier molecular flexibility index (Phi) is 5.51. The van der Waals surface area contributed by atoms with Gasteiger partial charge in [-0.05, 0) is 30.3 Å². The summed E-state index contributed by atoms with van der Waals surface area (Å²) in [5.74, 6) is 0.252. The average Bonchev–Trinajstić information content (AvgIpc) is 2.69. The van der Waals surface area contributed by atoms with E-state index >= 15 is 0 Å². The van der Waals surface area contributed by atoms with E-state index in [4.69, 9.17) is 14.2 Å². The lowest BCUT2D eigenvalue weighted by atomic mass is 10.1. The van der Waals surface area contributed by atoms with E-state index in [9.17, 15) is 9.18 Å². The van der Waals surface area contributed by atoms with Crippen LogP contribution in [-0.2, 0) is 0 Å². The normalized spacial score (nSPS) is 10.2. The first kappa shape index (κ1) is 18.2. The van der Waals surface area contributed by atoms with Crippen LogP contribution in [-0.4, -0.2) is 25.1 Å². The second-order valence-electron chi connectivity index (χ2n) is 5.41. The van der Waals surface area contributed by atoms with Crippen molar-refractivity contribution in [1.29, 1.82) is 0 Å². The van der Waals surface area contributed by atoms with E-state index in [0.717, 1.165) is 0 Å². The van der Waals surface area contributed by atoms with Gasteiger partial charge in [-0.1, -0.05) is 18.2 Å². The second-order valence-corrected chi connectivity index (χ2v) is 5.41. The number of para-hydroxylation sites is 2. The van der Waals surface area contributed by atoms with Crippen LogP contribution in [0.1, 0.15) is 10.4 Å². The lowest BCUT2D eigenvalue weighted by Gasteiger charge is -2.11. The number of nitrogens with zero attached hydrogens (tertiary/aromatic N) is 1. The number of nitrogens with one attached hydrogen (secondary N) is 1. The molecular formula is C20H17FN2O4. The van der Waals surface area contributed by atoms with Gasteiger partial charge in [0.15, 0.2) is 11.5 Å². The first-order valence-electron chi connectivity index (χ1n) is 8.03. The van der Waals surface area contributed by atoms with Gasteiger partial charge in [-0.3, -0.25) is 4.79 Å². The number of hydrogen-bond acceptors (Lipinski definition) is 5. The highest BCUT2D eigenvalue weighted by Gasteiger charge is 2.17. The molecule has 3 aromatic rings. The molecule has 3 rings (SSSR count). The average molecular weight is 368 g/mol. The van der Waals surface area contributed by atoms with Gasteiger partial charge in [-0.25, -0.2) is 9.37 Å². The number of rotatable bonds is 6. The fourth-order valence-electron chi connectivity index (χ4n) is 2.42. The number of hydrogen-bond donors (Lipinski definition) is 1. The molecule has 1 N–H and O–H groups in total. The summed E-state index contributed by atoms with van der Waals surface area (Å²) in [7, 11) is 2.92. The molecule has 1 aromatic heterocycles. The molecular weight excluding hydrogens is 351 g/mol. The standard InChI is InChI=1S/C20H17FN2O4/c1-25-15-7-3-4-8-16(15)27-18-11-10-13(12-22-18)23-20(24)19-14(21)6-5-9-17(19)26-2/h3-12H,1-2H3,(H,23,24). The highest BCUT2D eigenvalue weighted by Crippen LogP contribution is 2.30. The number of pyridine rings is 1. The van der Waals surface area contributed by atoms with E-state index in [1.165, 1.54) is 31.5 Å². The van der Waals surface area contributed by atoms with Crippen LogP contribution in [0.15, 0.2) is 60.8 Å². The highest BCUT2D eigenvalue weighted by molar-refractivity contribution is 6.06. The summed E-state index contributed by atoms with van der Waals surface area (Å²) in [5.41, 5.74) is 0.215. The molecule has 0 spiro atoms. The predicted octanol–water partition coefficient (Wildman–Crippen LogP) is 4.28. The highest BCUT2D eigenvalue weighted by atomic mass is 19.1. The molecule has 0 atom stereocenters. The Morgan fingerprint density at radius 1 is 0.926 bits per heavy atom. The molecule has 6 nitrogen and oxygen atoms in total. The Morgan fingerprint density at radius 3 is 2.30 bits per heavy atom. The van der Waals surface area contributed by atoms with Crippen LogP contribution in [0.4, 0.5) is 10.1 Å². The SMILES string of the molecule is COc1ccccc1Oc1ccc(NC(=O)c2c(F)cccc2OC)cn1. The van der Waals surface area contributed by atoms with Crippen LogP contribution in [0.25, 0.3) is 0 Å². The molecule has 0 saturated heterocycles. The molecule has 1 heterocycles. The third kappa shape index (κ3) is 4.14. The number of ether oxygens (including phenoxy) is 3. The Bertz CT molecular complexity index is 945. The maximum atomic E-state index is 14.0. The van der Waals surface area contributed by atoms with Gasteiger partial charge in [-0.2, -0.15) is 0 Å². The van der Waals surface area contributed by atoms with Crippen molar-refractivity contribution in [3.05, 3.63) is 72.2 Å². The molecule has 0 aliphatic carbocycles. The Morgan fingerprint density at radius 2 is 1.63 bits per heavy atom. The quantitative estimate of drug-likeness (QED) is 0.703. The van der Waals surface area contributed by atoms with Gasteiger partial charge in [-0.15, -0.1) is 0 Å². The number of anilines is 1. The van der Waals surface area contributed by atoms with E-state index in [2.05, 4.69) is 10.3 Å². The maximum absolute atomic E-state index is 14.0. The third-order valence-corrected chi connectivity index (χ3v) is 3.70. The number of carbonyl (C=O) groups is 1. The van der Waals surface area contributed by atoms with Crippen molar-refractivity contribution >= 4 is 11.6 Å². The first-order valence-corrected chi connectivity index (χ1v) is 8.03. The molecule has 0 unspecified atom stereocenters. The molecule has 0 saturated carbocycles. The van der Waals surface area contributed by atoms with Crippen molar-refractivity contribution in [2.24, 2.45) is 0 Å². The minimum Gasteiger partial charge on any atom is -0.496 e. The summed E-state index contributed by atoms with van der Waals surface area (Å²) in [6.45, 7) is 0. The van der Waals surface area contributed by atoms with Crippen LogP contribution in [0.2, 0.25) is 0 Å². The van der Waals surface area contributed by atoms with Gasteiger partial charge < -0.3 is 19.5 Å². The van der Waals surface area contributed by atoms with Crippen molar-refractivity contribution < 1.29 is 23.4 Å². The molecule has 0 bridgehead atoms. The van der Waals surface area contributed by atoms with Crippen LogP contribution in [0, 0.1) is 5.82 Å². The number of carbonyl (C=O) groups excluding carboxylic acids is 1. The van der Waals surface area contributed by atoms with Crippen LogP contribution < -0.4 is 19.5 Å². The van der Waals surface area contributed by atoms with Gasteiger partial charge in [0, 0.05) is 6.07 Å². The monoisotopic (exact) mass is 368 g/mol. The van der Waals surface area contributed by atoms with Crippen LogP contribution >= 0.6 is 0 Å². The van der Waals surface area contributed by atoms with E-state index in [1.54, 1.807) is 31.4 Å². The zero-order valence-corrected chi connectivity index (χ0v) is 14.7. The van der Waals surface area contributed by atoms with Gasteiger partial charge in [0.05, 0.1) is 26.1 Å². The lowest BCUT2D eigenvalue weighted by molar-refractivity contribution is 0.102. The van der Waals surface area contributed by atoms with Crippen molar-refractivity contribution in [3.8, 4) is 23.1 Å². The fourth-order valence-corrected chi connectivity index (χ4v) is 2.42. The Hall–Kier alpha value is -3.61. The number of aromatic nitrogens is 1.